The molecule has 1 aromatic heterocycles. The number of hydrogen-bond donors (Lipinski definition) is 1. The van der Waals surface area contributed by atoms with Crippen molar-refractivity contribution in [1.82, 2.24) is 0 Å². The van der Waals surface area contributed by atoms with Gasteiger partial charge in [-0.15, -0.1) is 11.3 Å². The fourth-order valence-electron chi connectivity index (χ4n) is 1.44. The van der Waals surface area contributed by atoms with Crippen LogP contribution in [0.15, 0.2) is 17.5 Å². The van der Waals surface area contributed by atoms with E-state index in [1.54, 1.807) is 11.3 Å². The molecule has 14 heavy (non-hydrogen) atoms. The van der Waals surface area contributed by atoms with E-state index in [2.05, 4.69) is 15.9 Å². The second kappa shape index (κ2) is 3.96. The Bertz CT molecular complexity index is 466. The summed E-state index contributed by atoms with van der Waals surface area (Å²) in [5.41, 5.74) is 1.73. The Hall–Kier alpha value is -0.450. The van der Waals surface area contributed by atoms with Crippen molar-refractivity contribution in [2.24, 2.45) is 0 Å². The maximum atomic E-state index is 13.2. The summed E-state index contributed by atoms with van der Waals surface area (Å²) in [6.07, 6.45) is 0. The highest BCUT2D eigenvalue weighted by Gasteiger charge is 2.08. The minimum absolute atomic E-state index is 0.0365. The maximum absolute atomic E-state index is 13.2. The topological polar surface area (TPSA) is 20.2 Å². The number of rotatable bonds is 2. The average molecular weight is 275 g/mol. The molecule has 1 heterocycles. The second-order valence-corrected chi connectivity index (χ2v) is 4.43. The lowest BCUT2D eigenvalue weighted by Gasteiger charge is -2.00. The van der Waals surface area contributed by atoms with Gasteiger partial charge in [-0.3, -0.25) is 0 Å². The van der Waals surface area contributed by atoms with Gasteiger partial charge in [0.25, 0.3) is 0 Å². The van der Waals surface area contributed by atoms with Crippen molar-refractivity contribution < 1.29 is 9.50 Å². The van der Waals surface area contributed by atoms with Crippen LogP contribution in [-0.4, -0.2) is 5.11 Å². The fourth-order valence-corrected chi connectivity index (χ4v) is 3.13. The molecule has 0 amide bonds. The molecule has 1 nitrogen and oxygen atoms in total. The molecule has 0 spiro atoms. The summed E-state index contributed by atoms with van der Waals surface area (Å²) in [6.45, 7) is -0.0365. The van der Waals surface area contributed by atoms with E-state index in [0.717, 1.165) is 21.2 Å². The lowest BCUT2D eigenvalue weighted by Crippen LogP contribution is -1.84. The van der Waals surface area contributed by atoms with Gasteiger partial charge in [0.1, 0.15) is 5.82 Å². The van der Waals surface area contributed by atoms with Crippen LogP contribution in [0.2, 0.25) is 0 Å². The van der Waals surface area contributed by atoms with Gasteiger partial charge in [-0.2, -0.15) is 0 Å². The Morgan fingerprint density at radius 2 is 2.14 bits per heavy atom. The van der Waals surface area contributed by atoms with E-state index in [1.165, 1.54) is 12.1 Å². The van der Waals surface area contributed by atoms with E-state index in [0.29, 0.717) is 5.33 Å². The summed E-state index contributed by atoms with van der Waals surface area (Å²) in [7, 11) is 0. The number of alkyl halides is 1. The van der Waals surface area contributed by atoms with Crippen LogP contribution in [0.5, 0.6) is 0 Å². The van der Waals surface area contributed by atoms with E-state index in [-0.39, 0.29) is 12.4 Å². The molecule has 0 aliphatic heterocycles. The Morgan fingerprint density at radius 3 is 2.79 bits per heavy atom. The summed E-state index contributed by atoms with van der Waals surface area (Å²) >= 11 is 4.86. The summed E-state index contributed by atoms with van der Waals surface area (Å²) in [5, 5.41) is 12.4. The van der Waals surface area contributed by atoms with E-state index >= 15 is 0 Å². The molecule has 0 saturated carbocycles. The molecule has 2 aromatic rings. The second-order valence-electron chi connectivity index (χ2n) is 2.99. The van der Waals surface area contributed by atoms with E-state index in [1.807, 2.05) is 5.38 Å². The third kappa shape index (κ3) is 1.58. The molecule has 0 atom stereocenters. The Kier molecular flexibility index (Phi) is 2.85. The molecule has 0 aliphatic carbocycles. The van der Waals surface area contributed by atoms with E-state index < -0.39 is 0 Å². The highest BCUT2D eigenvalue weighted by molar-refractivity contribution is 9.08. The maximum Gasteiger partial charge on any atom is 0.124 e. The first-order chi connectivity index (χ1) is 6.76. The van der Waals surface area contributed by atoms with Crippen LogP contribution in [0.3, 0.4) is 0 Å². The summed E-state index contributed by atoms with van der Waals surface area (Å²) in [5.74, 6) is -0.250. The molecule has 1 aromatic carbocycles. The van der Waals surface area contributed by atoms with Crippen LogP contribution in [-0.2, 0) is 11.9 Å². The smallest absolute Gasteiger partial charge is 0.124 e. The lowest BCUT2D eigenvalue weighted by molar-refractivity contribution is 0.284. The molecule has 0 radical (unpaired) electrons. The van der Waals surface area contributed by atoms with Crippen LogP contribution < -0.4 is 0 Å². The summed E-state index contributed by atoms with van der Waals surface area (Å²) in [4.78, 5) is 0. The largest absolute Gasteiger partial charge is 0.392 e. The molecule has 74 valence electrons. The van der Waals surface area contributed by atoms with Gasteiger partial charge < -0.3 is 5.11 Å². The average Bonchev–Trinajstić information content (AvgIpc) is 2.59. The van der Waals surface area contributed by atoms with Crippen molar-refractivity contribution in [3.63, 3.8) is 0 Å². The van der Waals surface area contributed by atoms with E-state index in [4.69, 9.17) is 5.11 Å². The quantitative estimate of drug-likeness (QED) is 0.832. The molecule has 0 fully saturated rings. The molecule has 2 rings (SSSR count). The number of fused-ring (bicyclic) bond motifs is 1. The van der Waals surface area contributed by atoms with E-state index in [9.17, 15) is 4.39 Å². The number of benzene rings is 1. The molecule has 4 heteroatoms. The third-order valence-electron chi connectivity index (χ3n) is 2.11. The zero-order valence-electron chi connectivity index (χ0n) is 7.26. The Balaban J connectivity index is 2.76. The predicted molar refractivity (Wildman–Crippen MR) is 60.3 cm³/mol. The minimum atomic E-state index is -0.250. The number of hydrogen-bond acceptors (Lipinski definition) is 2. The summed E-state index contributed by atoms with van der Waals surface area (Å²) in [6, 6.07) is 3.00. The van der Waals surface area contributed by atoms with Gasteiger partial charge in [-0.25, -0.2) is 4.39 Å². The molecule has 0 saturated heterocycles. The minimum Gasteiger partial charge on any atom is -0.392 e. The standard InChI is InChI=1S/C10H8BrFOS/c11-3-6-1-8(12)2-9-7(4-13)5-14-10(6)9/h1-2,5,13H,3-4H2. The predicted octanol–water partition coefficient (Wildman–Crippen LogP) is 3.43. The summed E-state index contributed by atoms with van der Waals surface area (Å²) < 4.78 is 14.2. The van der Waals surface area contributed by atoms with Gasteiger partial charge in [0.2, 0.25) is 0 Å². The van der Waals surface area contributed by atoms with Gasteiger partial charge >= 0.3 is 0 Å². The molecule has 0 unspecified atom stereocenters. The monoisotopic (exact) mass is 274 g/mol. The Labute approximate surface area is 93.3 Å². The van der Waals surface area contributed by atoms with Crippen LogP contribution in [0.25, 0.3) is 10.1 Å². The van der Waals surface area contributed by atoms with Crippen LogP contribution in [0.1, 0.15) is 11.1 Å². The van der Waals surface area contributed by atoms with Crippen molar-refractivity contribution in [1.29, 1.82) is 0 Å². The molecule has 0 bridgehead atoms. The van der Waals surface area contributed by atoms with Crippen molar-refractivity contribution in [3.05, 3.63) is 34.5 Å². The molecule has 0 aliphatic rings. The number of halogens is 2. The fraction of sp³-hybridized carbons (Fsp3) is 0.200. The van der Waals surface area contributed by atoms with Crippen molar-refractivity contribution in [2.75, 3.05) is 0 Å². The first kappa shape index (κ1) is 10.1. The normalized spacial score (nSPS) is 11.1. The third-order valence-corrected chi connectivity index (χ3v) is 3.83. The molecule has 1 N–H and O–H groups in total. The van der Waals surface area contributed by atoms with Gasteiger partial charge in [-0.05, 0) is 28.6 Å². The van der Waals surface area contributed by atoms with Gasteiger partial charge in [0.15, 0.2) is 0 Å². The highest BCUT2D eigenvalue weighted by Crippen LogP contribution is 2.31. The van der Waals surface area contributed by atoms with Gasteiger partial charge in [0, 0.05) is 15.4 Å². The SMILES string of the molecule is OCc1csc2c(CBr)cc(F)cc12. The van der Waals surface area contributed by atoms with Crippen LogP contribution >= 0.6 is 27.3 Å². The zero-order valence-corrected chi connectivity index (χ0v) is 9.66. The van der Waals surface area contributed by atoms with Gasteiger partial charge in [0.05, 0.1) is 6.61 Å². The van der Waals surface area contributed by atoms with Crippen LogP contribution in [0, 0.1) is 5.82 Å². The zero-order chi connectivity index (χ0) is 10.1. The van der Waals surface area contributed by atoms with Crippen molar-refractivity contribution in [3.8, 4) is 0 Å². The number of aliphatic hydroxyl groups is 1. The van der Waals surface area contributed by atoms with Crippen molar-refractivity contribution in [2.45, 2.75) is 11.9 Å². The first-order valence-electron chi connectivity index (χ1n) is 4.11. The number of thiophene rings is 1. The molecular formula is C10H8BrFOS. The Morgan fingerprint density at radius 1 is 1.36 bits per heavy atom. The highest BCUT2D eigenvalue weighted by atomic mass is 79.9. The van der Waals surface area contributed by atoms with Crippen molar-refractivity contribution >= 4 is 37.4 Å². The van der Waals surface area contributed by atoms with Crippen LogP contribution in [0.4, 0.5) is 4.39 Å². The lowest BCUT2D eigenvalue weighted by atomic mass is 10.1. The van der Waals surface area contributed by atoms with Gasteiger partial charge in [-0.1, -0.05) is 15.9 Å². The molecular weight excluding hydrogens is 267 g/mol. The number of aliphatic hydroxyl groups excluding tert-OH is 1. The first-order valence-corrected chi connectivity index (χ1v) is 6.11.